The highest BCUT2D eigenvalue weighted by molar-refractivity contribution is 5.92. The maximum absolute atomic E-state index is 12.0. The summed E-state index contributed by atoms with van der Waals surface area (Å²) in [6.07, 6.45) is 0.695. The molecule has 2 aromatic carbocycles. The van der Waals surface area contributed by atoms with E-state index < -0.39 is 5.76 Å². The Labute approximate surface area is 125 Å². The lowest BCUT2D eigenvalue weighted by molar-refractivity contribution is -0.116. The topological polar surface area (TPSA) is 95.3 Å². The van der Waals surface area contributed by atoms with Gasteiger partial charge in [-0.15, -0.1) is 0 Å². The molecule has 3 N–H and O–H groups in total. The lowest BCUT2D eigenvalue weighted by atomic mass is 10.1. The molecule has 0 radical (unpaired) electrons. The zero-order valence-electron chi connectivity index (χ0n) is 11.6. The van der Waals surface area contributed by atoms with Crippen LogP contribution in [0.5, 0.6) is 5.75 Å². The fourth-order valence-corrected chi connectivity index (χ4v) is 2.22. The number of para-hydroxylation sites is 1. The zero-order valence-corrected chi connectivity index (χ0v) is 11.6. The Bertz CT molecular complexity index is 879. The van der Waals surface area contributed by atoms with Crippen LogP contribution in [-0.2, 0) is 11.2 Å². The number of aryl methyl sites for hydroxylation is 1. The van der Waals surface area contributed by atoms with Crippen LogP contribution in [0.4, 0.5) is 5.69 Å². The summed E-state index contributed by atoms with van der Waals surface area (Å²) in [6.45, 7) is 0. The summed E-state index contributed by atoms with van der Waals surface area (Å²) in [6, 6.07) is 11.8. The fraction of sp³-hybridized carbons (Fsp3) is 0.125. The Morgan fingerprint density at radius 2 is 2.05 bits per heavy atom. The number of oxazole rings is 1. The third-order valence-electron chi connectivity index (χ3n) is 3.32. The number of hydrogen-bond donors (Lipinski definition) is 3. The molecule has 0 saturated heterocycles. The van der Waals surface area contributed by atoms with Crippen molar-refractivity contribution in [1.29, 1.82) is 0 Å². The van der Waals surface area contributed by atoms with Gasteiger partial charge in [0.15, 0.2) is 5.58 Å². The molecule has 1 heterocycles. The number of carbonyl (C=O) groups excluding carboxylic acids is 1. The normalized spacial score (nSPS) is 10.7. The highest BCUT2D eigenvalue weighted by atomic mass is 16.4. The van der Waals surface area contributed by atoms with Gasteiger partial charge in [-0.2, -0.15) is 0 Å². The van der Waals surface area contributed by atoms with Gasteiger partial charge >= 0.3 is 5.76 Å². The lowest BCUT2D eigenvalue weighted by Crippen LogP contribution is -2.12. The number of fused-ring (bicyclic) bond motifs is 1. The van der Waals surface area contributed by atoms with E-state index in [0.29, 0.717) is 23.2 Å². The third kappa shape index (κ3) is 3.01. The molecule has 0 aliphatic carbocycles. The van der Waals surface area contributed by atoms with Gasteiger partial charge in [0, 0.05) is 12.1 Å². The van der Waals surface area contributed by atoms with Crippen LogP contribution in [-0.4, -0.2) is 16.0 Å². The fourth-order valence-electron chi connectivity index (χ4n) is 2.22. The molecule has 22 heavy (non-hydrogen) atoms. The molecule has 6 nitrogen and oxygen atoms in total. The van der Waals surface area contributed by atoms with Crippen LogP contribution in [0, 0.1) is 0 Å². The van der Waals surface area contributed by atoms with Crippen LogP contribution in [0.25, 0.3) is 11.1 Å². The largest absolute Gasteiger partial charge is 0.508 e. The first kappa shape index (κ1) is 13.9. The molecule has 0 bridgehead atoms. The predicted octanol–water partition coefficient (Wildman–Crippen LogP) is 2.40. The molecule has 112 valence electrons. The number of rotatable bonds is 4. The number of phenolic OH excluding ortho intramolecular Hbond substituents is 1. The van der Waals surface area contributed by atoms with E-state index in [-0.39, 0.29) is 18.1 Å². The maximum atomic E-state index is 12.0. The molecule has 0 fully saturated rings. The van der Waals surface area contributed by atoms with E-state index in [1.807, 2.05) is 6.07 Å². The van der Waals surface area contributed by atoms with E-state index in [2.05, 4.69) is 10.3 Å². The number of benzene rings is 2. The number of aromatic amines is 1. The summed E-state index contributed by atoms with van der Waals surface area (Å²) in [5.74, 6) is -0.515. The van der Waals surface area contributed by atoms with Crippen molar-refractivity contribution in [3.05, 3.63) is 58.6 Å². The maximum Gasteiger partial charge on any atom is 0.417 e. The predicted molar refractivity (Wildman–Crippen MR) is 81.9 cm³/mol. The third-order valence-corrected chi connectivity index (χ3v) is 3.32. The monoisotopic (exact) mass is 298 g/mol. The summed E-state index contributed by atoms with van der Waals surface area (Å²) in [5, 5.41) is 12.4. The van der Waals surface area contributed by atoms with Crippen LogP contribution in [0.1, 0.15) is 12.0 Å². The second-order valence-electron chi connectivity index (χ2n) is 4.90. The van der Waals surface area contributed by atoms with Gasteiger partial charge in [0.1, 0.15) is 5.75 Å². The van der Waals surface area contributed by atoms with Crippen molar-refractivity contribution < 1.29 is 14.3 Å². The lowest BCUT2D eigenvalue weighted by Gasteiger charge is -2.06. The Hall–Kier alpha value is -3.02. The van der Waals surface area contributed by atoms with Crippen LogP contribution in [0.2, 0.25) is 0 Å². The van der Waals surface area contributed by atoms with Crippen molar-refractivity contribution in [2.75, 3.05) is 5.32 Å². The Morgan fingerprint density at radius 1 is 1.23 bits per heavy atom. The smallest absolute Gasteiger partial charge is 0.417 e. The number of phenols is 1. The first-order valence-corrected chi connectivity index (χ1v) is 6.81. The van der Waals surface area contributed by atoms with E-state index in [4.69, 9.17) is 4.42 Å². The standard InChI is InChI=1S/C16H14N2O4/c19-13-4-2-1-3-10(13)5-8-15(20)17-11-6-7-14-12(9-11)18-16(21)22-14/h1-4,6-7,9,19H,5,8H2,(H,17,20)(H,18,21). The van der Waals surface area contributed by atoms with E-state index in [9.17, 15) is 14.7 Å². The van der Waals surface area contributed by atoms with Crippen LogP contribution >= 0.6 is 0 Å². The van der Waals surface area contributed by atoms with Crippen LogP contribution < -0.4 is 11.1 Å². The van der Waals surface area contributed by atoms with Crippen molar-refractivity contribution in [3.8, 4) is 5.75 Å². The van der Waals surface area contributed by atoms with E-state index in [0.717, 1.165) is 5.56 Å². The van der Waals surface area contributed by atoms with Crippen molar-refractivity contribution in [1.82, 2.24) is 4.98 Å². The quantitative estimate of drug-likeness (QED) is 0.689. The number of anilines is 1. The molecule has 0 atom stereocenters. The molecule has 1 aromatic heterocycles. The summed E-state index contributed by atoms with van der Waals surface area (Å²) < 4.78 is 4.89. The number of amides is 1. The molecule has 0 saturated carbocycles. The molecular weight excluding hydrogens is 284 g/mol. The van der Waals surface area contributed by atoms with Crippen LogP contribution in [0.15, 0.2) is 51.7 Å². The number of aromatic hydroxyl groups is 1. The number of H-pyrrole nitrogens is 1. The minimum Gasteiger partial charge on any atom is -0.508 e. The second-order valence-corrected chi connectivity index (χ2v) is 4.90. The van der Waals surface area contributed by atoms with E-state index in [1.165, 1.54) is 0 Å². The summed E-state index contributed by atoms with van der Waals surface area (Å²) in [7, 11) is 0. The zero-order chi connectivity index (χ0) is 15.5. The van der Waals surface area contributed by atoms with Gasteiger partial charge < -0.3 is 14.8 Å². The summed E-state index contributed by atoms with van der Waals surface area (Å²) in [5.41, 5.74) is 2.28. The molecule has 1 amide bonds. The van der Waals surface area contributed by atoms with Gasteiger partial charge in [-0.3, -0.25) is 9.78 Å². The molecule has 6 heteroatoms. The van der Waals surface area contributed by atoms with Gasteiger partial charge in [0.05, 0.1) is 5.52 Å². The van der Waals surface area contributed by atoms with Crippen molar-refractivity contribution >= 4 is 22.7 Å². The molecular formula is C16H14N2O4. The first-order valence-electron chi connectivity index (χ1n) is 6.81. The number of nitrogens with one attached hydrogen (secondary N) is 2. The van der Waals surface area contributed by atoms with Crippen molar-refractivity contribution in [2.24, 2.45) is 0 Å². The number of aromatic nitrogens is 1. The molecule has 0 aliphatic rings. The Morgan fingerprint density at radius 3 is 2.86 bits per heavy atom. The summed E-state index contributed by atoms with van der Waals surface area (Å²) >= 11 is 0. The average molecular weight is 298 g/mol. The number of hydrogen-bond acceptors (Lipinski definition) is 4. The number of carbonyl (C=O) groups is 1. The summed E-state index contributed by atoms with van der Waals surface area (Å²) in [4.78, 5) is 25.6. The van der Waals surface area contributed by atoms with E-state index in [1.54, 1.807) is 36.4 Å². The molecule has 0 unspecified atom stereocenters. The minimum atomic E-state index is -0.530. The van der Waals surface area contributed by atoms with Gasteiger partial charge in [-0.25, -0.2) is 4.79 Å². The molecule has 3 rings (SSSR count). The highest BCUT2D eigenvalue weighted by Gasteiger charge is 2.07. The molecule has 3 aromatic rings. The minimum absolute atomic E-state index is 0.173. The second kappa shape index (κ2) is 5.77. The van der Waals surface area contributed by atoms with Gasteiger partial charge in [-0.1, -0.05) is 18.2 Å². The van der Waals surface area contributed by atoms with E-state index >= 15 is 0 Å². The molecule has 0 aliphatic heterocycles. The van der Waals surface area contributed by atoms with Gasteiger partial charge in [0.25, 0.3) is 0 Å². The molecule has 0 spiro atoms. The average Bonchev–Trinajstić information content (AvgIpc) is 2.86. The highest BCUT2D eigenvalue weighted by Crippen LogP contribution is 2.19. The van der Waals surface area contributed by atoms with Crippen LogP contribution in [0.3, 0.4) is 0 Å². The van der Waals surface area contributed by atoms with Crippen molar-refractivity contribution in [3.63, 3.8) is 0 Å². The SMILES string of the molecule is O=C(CCc1ccccc1O)Nc1ccc2oc(=O)[nH]c2c1. The van der Waals surface area contributed by atoms with Gasteiger partial charge in [0.2, 0.25) is 5.91 Å². The van der Waals surface area contributed by atoms with Crippen molar-refractivity contribution in [2.45, 2.75) is 12.8 Å². The Kier molecular flexibility index (Phi) is 3.65. The Balaban J connectivity index is 1.65. The van der Waals surface area contributed by atoms with Gasteiger partial charge in [-0.05, 0) is 36.2 Å². The first-order chi connectivity index (χ1) is 10.6.